The molecule has 0 aliphatic carbocycles. The topological polar surface area (TPSA) is 81.1 Å². The van der Waals surface area contributed by atoms with E-state index in [1.807, 2.05) is 19.0 Å². The van der Waals surface area contributed by atoms with E-state index in [0.29, 0.717) is 23.9 Å². The summed E-state index contributed by atoms with van der Waals surface area (Å²) in [6.45, 7) is 0.638. The number of nitrogen functional groups attached to an aromatic ring is 1. The molecule has 0 aliphatic heterocycles. The summed E-state index contributed by atoms with van der Waals surface area (Å²) in [5.41, 5.74) is 6.93. The van der Waals surface area contributed by atoms with E-state index >= 15 is 0 Å². The van der Waals surface area contributed by atoms with Crippen LogP contribution in [0.1, 0.15) is 5.82 Å². The van der Waals surface area contributed by atoms with Crippen molar-refractivity contribution in [2.75, 3.05) is 19.8 Å². The highest BCUT2D eigenvalue weighted by Gasteiger charge is 2.09. The molecule has 0 aromatic carbocycles. The first-order chi connectivity index (χ1) is 7.65. The summed E-state index contributed by atoms with van der Waals surface area (Å²) in [5, 5.41) is 3.87. The van der Waals surface area contributed by atoms with E-state index in [0.717, 1.165) is 5.56 Å². The third-order valence-electron chi connectivity index (χ3n) is 1.93. The Morgan fingerprint density at radius 1 is 1.38 bits per heavy atom. The van der Waals surface area contributed by atoms with E-state index in [2.05, 4.69) is 15.1 Å². The maximum Gasteiger partial charge on any atom is 0.259 e. The van der Waals surface area contributed by atoms with E-state index < -0.39 is 0 Å². The fourth-order valence-corrected chi connectivity index (χ4v) is 1.29. The molecule has 0 amide bonds. The van der Waals surface area contributed by atoms with Crippen molar-refractivity contribution in [1.82, 2.24) is 20.0 Å². The van der Waals surface area contributed by atoms with Crippen molar-refractivity contribution in [3.8, 4) is 11.5 Å². The average molecular weight is 219 g/mol. The van der Waals surface area contributed by atoms with Crippen molar-refractivity contribution in [3.63, 3.8) is 0 Å². The van der Waals surface area contributed by atoms with Gasteiger partial charge in [-0.15, -0.1) is 0 Å². The van der Waals surface area contributed by atoms with Crippen LogP contribution in [0.5, 0.6) is 0 Å². The number of hydrogen-bond acceptors (Lipinski definition) is 6. The molecule has 0 fully saturated rings. The van der Waals surface area contributed by atoms with Crippen LogP contribution in [0.3, 0.4) is 0 Å². The molecule has 2 heterocycles. The summed E-state index contributed by atoms with van der Waals surface area (Å²) in [6.07, 6.45) is 3.21. The summed E-state index contributed by atoms with van der Waals surface area (Å²) in [6, 6.07) is 1.75. The second-order valence-electron chi connectivity index (χ2n) is 3.76. The number of anilines is 1. The SMILES string of the molecule is CN(C)Cc1noc(-c2cncc(N)c2)n1. The smallest absolute Gasteiger partial charge is 0.259 e. The molecule has 2 aromatic rings. The lowest BCUT2D eigenvalue weighted by Gasteiger charge is -2.03. The molecule has 16 heavy (non-hydrogen) atoms. The lowest BCUT2D eigenvalue weighted by atomic mass is 10.2. The molecule has 2 rings (SSSR count). The van der Waals surface area contributed by atoms with Crippen molar-refractivity contribution >= 4 is 5.69 Å². The predicted molar refractivity (Wildman–Crippen MR) is 59.3 cm³/mol. The van der Waals surface area contributed by atoms with E-state index in [-0.39, 0.29) is 0 Å². The van der Waals surface area contributed by atoms with Crippen LogP contribution in [-0.2, 0) is 6.54 Å². The Morgan fingerprint density at radius 3 is 2.88 bits per heavy atom. The molecule has 6 heteroatoms. The zero-order valence-corrected chi connectivity index (χ0v) is 9.21. The van der Waals surface area contributed by atoms with Crippen molar-refractivity contribution in [2.24, 2.45) is 0 Å². The molecule has 0 saturated heterocycles. The Bertz CT molecular complexity index is 480. The Hall–Kier alpha value is -1.95. The molecule has 0 bridgehead atoms. The number of hydrogen-bond donors (Lipinski definition) is 1. The van der Waals surface area contributed by atoms with Gasteiger partial charge in [-0.1, -0.05) is 5.16 Å². The normalized spacial score (nSPS) is 10.9. The molecule has 0 spiro atoms. The molecule has 0 unspecified atom stereocenters. The van der Waals surface area contributed by atoms with Crippen molar-refractivity contribution in [2.45, 2.75) is 6.54 Å². The third-order valence-corrected chi connectivity index (χ3v) is 1.93. The van der Waals surface area contributed by atoms with Gasteiger partial charge in [-0.3, -0.25) is 4.98 Å². The first kappa shape index (κ1) is 10.6. The minimum absolute atomic E-state index is 0.441. The molecular weight excluding hydrogens is 206 g/mol. The molecule has 0 aliphatic rings. The van der Waals surface area contributed by atoms with E-state index in [1.165, 1.54) is 0 Å². The summed E-state index contributed by atoms with van der Waals surface area (Å²) in [5.74, 6) is 1.08. The lowest BCUT2D eigenvalue weighted by Crippen LogP contribution is -2.11. The lowest BCUT2D eigenvalue weighted by molar-refractivity contribution is 0.365. The van der Waals surface area contributed by atoms with E-state index in [4.69, 9.17) is 10.3 Å². The Kier molecular flexibility index (Phi) is 2.82. The van der Waals surface area contributed by atoms with Crippen LogP contribution in [0.2, 0.25) is 0 Å². The Labute approximate surface area is 93.1 Å². The van der Waals surface area contributed by atoms with Gasteiger partial charge in [0.05, 0.1) is 17.8 Å². The number of aromatic nitrogens is 3. The maximum atomic E-state index is 5.62. The number of pyridine rings is 1. The monoisotopic (exact) mass is 219 g/mol. The van der Waals surface area contributed by atoms with Gasteiger partial charge in [0, 0.05) is 12.4 Å². The third kappa shape index (κ3) is 2.34. The van der Waals surface area contributed by atoms with Crippen LogP contribution >= 0.6 is 0 Å². The standard InChI is InChI=1S/C10H13N5O/c1-15(2)6-9-13-10(16-14-9)7-3-8(11)5-12-4-7/h3-5H,6,11H2,1-2H3. The largest absolute Gasteiger partial charge is 0.397 e. The molecule has 0 saturated carbocycles. The van der Waals surface area contributed by atoms with Crippen LogP contribution in [-0.4, -0.2) is 34.1 Å². The van der Waals surface area contributed by atoms with Gasteiger partial charge < -0.3 is 15.2 Å². The Morgan fingerprint density at radius 2 is 2.19 bits per heavy atom. The molecule has 84 valence electrons. The number of nitrogens with zero attached hydrogens (tertiary/aromatic N) is 4. The minimum atomic E-state index is 0.441. The summed E-state index contributed by atoms with van der Waals surface area (Å²) >= 11 is 0. The van der Waals surface area contributed by atoms with E-state index in [1.54, 1.807) is 18.5 Å². The van der Waals surface area contributed by atoms with Crippen LogP contribution in [0.25, 0.3) is 11.5 Å². The van der Waals surface area contributed by atoms with Gasteiger partial charge in [0.25, 0.3) is 5.89 Å². The summed E-state index contributed by atoms with van der Waals surface area (Å²) in [4.78, 5) is 10.2. The summed E-state index contributed by atoms with van der Waals surface area (Å²) < 4.78 is 5.12. The fraction of sp³-hybridized carbons (Fsp3) is 0.300. The zero-order chi connectivity index (χ0) is 11.5. The van der Waals surface area contributed by atoms with Gasteiger partial charge in [0.1, 0.15) is 0 Å². The molecule has 2 aromatic heterocycles. The highest BCUT2D eigenvalue weighted by atomic mass is 16.5. The second-order valence-corrected chi connectivity index (χ2v) is 3.76. The molecular formula is C10H13N5O. The van der Waals surface area contributed by atoms with Crippen LogP contribution in [0.15, 0.2) is 23.0 Å². The number of nitrogens with two attached hydrogens (primary N) is 1. The molecule has 2 N–H and O–H groups in total. The van der Waals surface area contributed by atoms with E-state index in [9.17, 15) is 0 Å². The Balaban J connectivity index is 2.24. The highest BCUT2D eigenvalue weighted by molar-refractivity contribution is 5.57. The van der Waals surface area contributed by atoms with Gasteiger partial charge in [-0.05, 0) is 20.2 Å². The zero-order valence-electron chi connectivity index (χ0n) is 9.21. The minimum Gasteiger partial charge on any atom is -0.397 e. The quantitative estimate of drug-likeness (QED) is 0.821. The first-order valence-electron chi connectivity index (χ1n) is 4.83. The van der Waals surface area contributed by atoms with Crippen LogP contribution < -0.4 is 5.73 Å². The predicted octanol–water partition coefficient (Wildman–Crippen LogP) is 0.775. The van der Waals surface area contributed by atoms with Crippen molar-refractivity contribution in [3.05, 3.63) is 24.3 Å². The fourth-order valence-electron chi connectivity index (χ4n) is 1.29. The number of rotatable bonds is 3. The highest BCUT2D eigenvalue weighted by Crippen LogP contribution is 2.18. The van der Waals surface area contributed by atoms with Gasteiger partial charge in [0.15, 0.2) is 5.82 Å². The molecule has 0 radical (unpaired) electrons. The van der Waals surface area contributed by atoms with Gasteiger partial charge >= 0.3 is 0 Å². The van der Waals surface area contributed by atoms with Gasteiger partial charge in [-0.25, -0.2) is 0 Å². The van der Waals surface area contributed by atoms with Gasteiger partial charge in [0.2, 0.25) is 0 Å². The van der Waals surface area contributed by atoms with Gasteiger partial charge in [-0.2, -0.15) is 4.98 Å². The maximum absolute atomic E-state index is 5.62. The van der Waals surface area contributed by atoms with Crippen LogP contribution in [0, 0.1) is 0 Å². The van der Waals surface area contributed by atoms with Crippen molar-refractivity contribution in [1.29, 1.82) is 0 Å². The molecule has 6 nitrogen and oxygen atoms in total. The van der Waals surface area contributed by atoms with Crippen molar-refractivity contribution < 1.29 is 4.52 Å². The first-order valence-corrected chi connectivity index (χ1v) is 4.83. The summed E-state index contributed by atoms with van der Waals surface area (Å²) in [7, 11) is 3.89. The average Bonchev–Trinajstić information content (AvgIpc) is 2.65. The van der Waals surface area contributed by atoms with Crippen LogP contribution in [0.4, 0.5) is 5.69 Å². The molecule has 0 atom stereocenters. The second kappa shape index (κ2) is 4.28.